The van der Waals surface area contributed by atoms with Gasteiger partial charge >= 0.3 is 0 Å². The summed E-state index contributed by atoms with van der Waals surface area (Å²) in [5.41, 5.74) is 2.66. The van der Waals surface area contributed by atoms with Crippen molar-refractivity contribution >= 4 is 11.8 Å². The minimum absolute atomic E-state index is 0.0664. The molecule has 0 spiro atoms. The highest BCUT2D eigenvalue weighted by atomic mass is 16.4. The third-order valence-corrected chi connectivity index (χ3v) is 3.65. The molecule has 0 aliphatic heterocycles. The van der Waals surface area contributed by atoms with Gasteiger partial charge in [0.05, 0.1) is 12.1 Å². The summed E-state index contributed by atoms with van der Waals surface area (Å²) in [7, 11) is 0. The second kappa shape index (κ2) is 8.29. The quantitative estimate of drug-likeness (QED) is 0.762. The van der Waals surface area contributed by atoms with Crippen LogP contribution in [-0.2, 0) is 16.0 Å². The molecule has 2 aromatic rings. The van der Waals surface area contributed by atoms with Crippen LogP contribution in [0.3, 0.4) is 0 Å². The van der Waals surface area contributed by atoms with E-state index in [-0.39, 0.29) is 18.2 Å². The van der Waals surface area contributed by atoms with Crippen molar-refractivity contribution < 1.29 is 14.0 Å². The summed E-state index contributed by atoms with van der Waals surface area (Å²) in [6, 6.07) is 7.84. The van der Waals surface area contributed by atoms with Gasteiger partial charge in [-0.25, -0.2) is 4.98 Å². The fourth-order valence-corrected chi connectivity index (χ4v) is 2.32. The van der Waals surface area contributed by atoms with Crippen molar-refractivity contribution in [2.24, 2.45) is 0 Å². The number of carbonyl (C=O) groups excluding carboxylic acids is 2. The maximum absolute atomic E-state index is 12.0. The molecule has 6 nitrogen and oxygen atoms in total. The number of nitrogens with one attached hydrogen (secondary N) is 2. The zero-order valence-corrected chi connectivity index (χ0v) is 14.3. The second-order valence-corrected chi connectivity index (χ2v) is 5.70. The highest BCUT2D eigenvalue weighted by molar-refractivity contribution is 5.78. The van der Waals surface area contributed by atoms with Gasteiger partial charge in [-0.3, -0.25) is 9.59 Å². The molecule has 1 heterocycles. The van der Waals surface area contributed by atoms with E-state index >= 15 is 0 Å². The molecule has 1 aromatic heterocycles. The van der Waals surface area contributed by atoms with Gasteiger partial charge in [-0.15, -0.1) is 0 Å². The number of aromatic nitrogens is 1. The smallest absolute Gasteiger partial charge is 0.226 e. The molecule has 0 bridgehead atoms. The van der Waals surface area contributed by atoms with Gasteiger partial charge in [-0.05, 0) is 31.9 Å². The van der Waals surface area contributed by atoms with E-state index in [1.54, 1.807) is 0 Å². The number of nitrogens with zero attached hydrogens (tertiary/aromatic N) is 1. The molecule has 0 aliphatic carbocycles. The lowest BCUT2D eigenvalue weighted by molar-refractivity contribution is -0.120. The van der Waals surface area contributed by atoms with Gasteiger partial charge in [0.25, 0.3) is 0 Å². The molecule has 0 fully saturated rings. The summed E-state index contributed by atoms with van der Waals surface area (Å²) in [6.07, 6.45) is 0.874. The van der Waals surface area contributed by atoms with Gasteiger partial charge in [-0.2, -0.15) is 0 Å². The van der Waals surface area contributed by atoms with Crippen molar-refractivity contribution in [3.8, 4) is 11.5 Å². The molecule has 0 aliphatic rings. The third-order valence-electron chi connectivity index (χ3n) is 3.65. The first-order valence-electron chi connectivity index (χ1n) is 8.01. The lowest BCUT2D eigenvalue weighted by atomic mass is 10.1. The first-order chi connectivity index (χ1) is 11.5. The molecule has 0 saturated carbocycles. The summed E-state index contributed by atoms with van der Waals surface area (Å²) in [5.74, 6) is 1.02. The summed E-state index contributed by atoms with van der Waals surface area (Å²) in [6.45, 7) is 6.35. The Balaban J connectivity index is 1.90. The summed E-state index contributed by atoms with van der Waals surface area (Å²) in [5, 5.41) is 5.51. The number of rotatable bonds is 7. The van der Waals surface area contributed by atoms with Crippen molar-refractivity contribution in [3.05, 3.63) is 41.3 Å². The number of oxazole rings is 1. The SMILES string of the molecule is CC(=O)NCCCNC(=O)Cc1nc(-c2ccccc2C)oc1C. The lowest BCUT2D eigenvalue weighted by Gasteiger charge is -2.04. The van der Waals surface area contributed by atoms with Crippen LogP contribution in [0.25, 0.3) is 11.5 Å². The second-order valence-electron chi connectivity index (χ2n) is 5.70. The van der Waals surface area contributed by atoms with Crippen LogP contribution in [0.2, 0.25) is 0 Å². The normalized spacial score (nSPS) is 10.5. The van der Waals surface area contributed by atoms with E-state index in [1.807, 2.05) is 38.1 Å². The zero-order chi connectivity index (χ0) is 17.5. The van der Waals surface area contributed by atoms with Crippen LogP contribution in [0.4, 0.5) is 0 Å². The monoisotopic (exact) mass is 329 g/mol. The predicted molar refractivity (Wildman–Crippen MR) is 91.4 cm³/mol. The van der Waals surface area contributed by atoms with E-state index < -0.39 is 0 Å². The van der Waals surface area contributed by atoms with E-state index in [1.165, 1.54) is 6.92 Å². The number of aryl methyl sites for hydroxylation is 2. The molecule has 128 valence electrons. The van der Waals surface area contributed by atoms with E-state index in [4.69, 9.17) is 4.42 Å². The van der Waals surface area contributed by atoms with Crippen molar-refractivity contribution in [1.82, 2.24) is 15.6 Å². The molecule has 2 amide bonds. The number of benzene rings is 1. The minimum Gasteiger partial charge on any atom is -0.441 e. The molecular weight excluding hydrogens is 306 g/mol. The maximum atomic E-state index is 12.0. The highest BCUT2D eigenvalue weighted by Crippen LogP contribution is 2.24. The average Bonchev–Trinajstić information content (AvgIpc) is 2.87. The number of hydrogen-bond donors (Lipinski definition) is 2. The average molecular weight is 329 g/mol. The van der Waals surface area contributed by atoms with Crippen LogP contribution in [0.1, 0.15) is 30.4 Å². The first-order valence-corrected chi connectivity index (χ1v) is 8.01. The molecule has 24 heavy (non-hydrogen) atoms. The molecule has 0 unspecified atom stereocenters. The van der Waals surface area contributed by atoms with Crippen molar-refractivity contribution in [1.29, 1.82) is 0 Å². The van der Waals surface area contributed by atoms with Gasteiger partial charge in [0.15, 0.2) is 0 Å². The molecule has 0 atom stereocenters. The Kier molecular flexibility index (Phi) is 6.12. The van der Waals surface area contributed by atoms with E-state index in [0.29, 0.717) is 36.9 Å². The maximum Gasteiger partial charge on any atom is 0.226 e. The number of carbonyl (C=O) groups is 2. The predicted octanol–water partition coefficient (Wildman–Crippen LogP) is 2.14. The standard InChI is InChI=1S/C18H23N3O3/c1-12-7-4-5-8-15(12)18-21-16(13(2)24-18)11-17(23)20-10-6-9-19-14(3)22/h4-5,7-8H,6,9-11H2,1-3H3,(H,19,22)(H,20,23). The van der Waals surface area contributed by atoms with Gasteiger partial charge < -0.3 is 15.1 Å². The van der Waals surface area contributed by atoms with Crippen molar-refractivity contribution in [3.63, 3.8) is 0 Å². The van der Waals surface area contributed by atoms with Crippen LogP contribution in [0, 0.1) is 13.8 Å². The summed E-state index contributed by atoms with van der Waals surface area (Å²) in [4.78, 5) is 27.2. The van der Waals surface area contributed by atoms with Crippen molar-refractivity contribution in [2.45, 2.75) is 33.6 Å². The van der Waals surface area contributed by atoms with Crippen molar-refractivity contribution in [2.75, 3.05) is 13.1 Å². The molecule has 0 radical (unpaired) electrons. The highest BCUT2D eigenvalue weighted by Gasteiger charge is 2.15. The Hall–Kier alpha value is -2.63. The lowest BCUT2D eigenvalue weighted by Crippen LogP contribution is -2.29. The Morgan fingerprint density at radius 1 is 1.12 bits per heavy atom. The van der Waals surface area contributed by atoms with Crippen LogP contribution in [-0.4, -0.2) is 29.9 Å². The molecule has 6 heteroatoms. The Morgan fingerprint density at radius 2 is 1.83 bits per heavy atom. The Bertz CT molecular complexity index is 722. The molecule has 2 N–H and O–H groups in total. The van der Waals surface area contributed by atoms with Gasteiger partial charge in [-0.1, -0.05) is 18.2 Å². The van der Waals surface area contributed by atoms with E-state index in [0.717, 1.165) is 11.1 Å². The first kappa shape index (κ1) is 17.7. The minimum atomic E-state index is -0.106. The summed E-state index contributed by atoms with van der Waals surface area (Å²) < 4.78 is 5.71. The van der Waals surface area contributed by atoms with Gasteiger partial charge in [0.2, 0.25) is 17.7 Å². The fourth-order valence-electron chi connectivity index (χ4n) is 2.32. The Labute approximate surface area is 141 Å². The number of amides is 2. The van der Waals surface area contributed by atoms with Crippen LogP contribution in [0.15, 0.2) is 28.7 Å². The fraction of sp³-hybridized carbons (Fsp3) is 0.389. The van der Waals surface area contributed by atoms with Crippen LogP contribution < -0.4 is 10.6 Å². The number of hydrogen-bond acceptors (Lipinski definition) is 4. The molecule has 1 aromatic carbocycles. The van der Waals surface area contributed by atoms with Gasteiger partial charge in [0, 0.05) is 25.6 Å². The largest absolute Gasteiger partial charge is 0.441 e. The molecule has 0 saturated heterocycles. The zero-order valence-electron chi connectivity index (χ0n) is 14.3. The third kappa shape index (κ3) is 4.94. The van der Waals surface area contributed by atoms with Crippen LogP contribution >= 0.6 is 0 Å². The van der Waals surface area contributed by atoms with Crippen LogP contribution in [0.5, 0.6) is 0 Å². The topological polar surface area (TPSA) is 84.2 Å². The van der Waals surface area contributed by atoms with E-state index in [9.17, 15) is 9.59 Å². The molecule has 2 rings (SSSR count). The Morgan fingerprint density at radius 3 is 2.54 bits per heavy atom. The van der Waals surface area contributed by atoms with Gasteiger partial charge in [0.1, 0.15) is 5.76 Å². The molecular formula is C18H23N3O3. The summed E-state index contributed by atoms with van der Waals surface area (Å²) >= 11 is 0. The van der Waals surface area contributed by atoms with E-state index in [2.05, 4.69) is 15.6 Å².